The number of rotatable bonds is 4. The number of nitrogens with zero attached hydrogens (tertiary/aromatic N) is 1. The van der Waals surface area contributed by atoms with Gasteiger partial charge in [-0.2, -0.15) is 0 Å². The first-order valence-electron chi connectivity index (χ1n) is 11.4. The molecule has 0 spiro atoms. The lowest BCUT2D eigenvalue weighted by molar-refractivity contribution is -0.148. The quantitative estimate of drug-likeness (QED) is 0.584. The lowest BCUT2D eigenvalue weighted by atomic mass is 9.81. The van der Waals surface area contributed by atoms with Gasteiger partial charge in [0.25, 0.3) is 0 Å². The summed E-state index contributed by atoms with van der Waals surface area (Å²) in [5.41, 5.74) is 2.77. The molecule has 3 aliphatic heterocycles. The van der Waals surface area contributed by atoms with Gasteiger partial charge in [0, 0.05) is 24.7 Å². The summed E-state index contributed by atoms with van der Waals surface area (Å²) in [6, 6.07) is 6.21. The van der Waals surface area contributed by atoms with E-state index in [0.717, 1.165) is 36.9 Å². The molecule has 3 amide bonds. The fourth-order valence-electron chi connectivity index (χ4n) is 5.32. The molecule has 4 N–H and O–H groups in total. The molecule has 3 fully saturated rings. The van der Waals surface area contributed by atoms with Crippen molar-refractivity contribution >= 4 is 23.4 Å². The molecule has 31 heavy (non-hydrogen) atoms. The van der Waals surface area contributed by atoms with Gasteiger partial charge in [0.05, 0.1) is 18.0 Å². The molecule has 3 heterocycles. The van der Waals surface area contributed by atoms with Crippen molar-refractivity contribution in [2.45, 2.75) is 71.4 Å². The van der Waals surface area contributed by atoms with E-state index < -0.39 is 18.0 Å². The number of anilines is 1. The molecule has 3 aliphatic rings. The van der Waals surface area contributed by atoms with Crippen LogP contribution in [0.1, 0.15) is 50.2 Å². The summed E-state index contributed by atoms with van der Waals surface area (Å²) in [4.78, 5) is 41.0. The van der Waals surface area contributed by atoms with Crippen molar-refractivity contribution in [1.82, 2.24) is 20.9 Å². The normalized spacial score (nSPS) is 31.4. The Morgan fingerprint density at radius 1 is 1.13 bits per heavy atom. The molecule has 4 rings (SSSR count). The summed E-state index contributed by atoms with van der Waals surface area (Å²) < 4.78 is 0. The minimum absolute atomic E-state index is 0.00113. The van der Waals surface area contributed by atoms with Gasteiger partial charge in [0.15, 0.2) is 0 Å². The molecule has 0 radical (unpaired) electrons. The fourth-order valence-corrected chi connectivity index (χ4v) is 5.32. The van der Waals surface area contributed by atoms with E-state index in [0.29, 0.717) is 11.7 Å². The average Bonchev–Trinajstić information content (AvgIpc) is 2.71. The molecule has 1 aromatic carbocycles. The first kappa shape index (κ1) is 21.8. The van der Waals surface area contributed by atoms with E-state index in [9.17, 15) is 14.4 Å². The highest BCUT2D eigenvalue weighted by atomic mass is 16.2. The minimum atomic E-state index is -0.726. The highest BCUT2D eigenvalue weighted by Gasteiger charge is 2.49. The van der Waals surface area contributed by atoms with Crippen LogP contribution >= 0.6 is 0 Å². The summed E-state index contributed by atoms with van der Waals surface area (Å²) in [7, 11) is 0. The van der Waals surface area contributed by atoms with Gasteiger partial charge in [-0.1, -0.05) is 19.4 Å². The first-order chi connectivity index (χ1) is 14.9. The van der Waals surface area contributed by atoms with Crippen molar-refractivity contribution in [3.8, 4) is 0 Å². The second-order valence-electron chi connectivity index (χ2n) is 9.12. The number of carbonyl (C=O) groups is 3. The molecule has 5 unspecified atom stereocenters. The van der Waals surface area contributed by atoms with E-state index >= 15 is 0 Å². The Morgan fingerprint density at radius 3 is 2.58 bits per heavy atom. The molecule has 3 saturated heterocycles. The summed E-state index contributed by atoms with van der Waals surface area (Å²) in [6.45, 7) is 7.00. The predicted molar refractivity (Wildman–Crippen MR) is 118 cm³/mol. The number of amides is 3. The number of aryl methyl sites for hydroxylation is 2. The van der Waals surface area contributed by atoms with Crippen LogP contribution in [0.4, 0.5) is 5.69 Å². The Kier molecular flexibility index (Phi) is 6.29. The van der Waals surface area contributed by atoms with E-state index in [1.165, 1.54) is 6.42 Å². The van der Waals surface area contributed by atoms with Gasteiger partial charge in [-0.05, 0) is 56.4 Å². The molecule has 168 valence electrons. The topological polar surface area (TPSA) is 103 Å². The first-order valence-corrected chi connectivity index (χ1v) is 11.4. The molecule has 8 heteroatoms. The SMILES string of the molecule is CCC1CCCCN1C1NC(=O)C2C(NC(=O)CC2C(=O)Nc2cc(C)cc(C)c2)N1. The van der Waals surface area contributed by atoms with E-state index in [1.54, 1.807) is 0 Å². The van der Waals surface area contributed by atoms with E-state index in [2.05, 4.69) is 33.1 Å². The molecule has 0 bridgehead atoms. The van der Waals surface area contributed by atoms with Crippen LogP contribution in [0.2, 0.25) is 0 Å². The minimum Gasteiger partial charge on any atom is -0.340 e. The number of hydrogen-bond donors (Lipinski definition) is 4. The van der Waals surface area contributed by atoms with Crippen LogP contribution in [0.15, 0.2) is 18.2 Å². The maximum atomic E-state index is 13.1. The number of hydrogen-bond acceptors (Lipinski definition) is 5. The molecular formula is C23H33N5O3. The number of piperidine rings is 2. The Hall–Kier alpha value is -2.45. The van der Waals surface area contributed by atoms with Crippen molar-refractivity contribution in [2.75, 3.05) is 11.9 Å². The van der Waals surface area contributed by atoms with Crippen LogP contribution in [-0.4, -0.2) is 47.7 Å². The number of fused-ring (bicyclic) bond motifs is 1. The molecule has 8 nitrogen and oxygen atoms in total. The van der Waals surface area contributed by atoms with Crippen molar-refractivity contribution in [3.63, 3.8) is 0 Å². The van der Waals surface area contributed by atoms with E-state index in [1.807, 2.05) is 32.0 Å². The third-order valence-electron chi connectivity index (χ3n) is 6.74. The van der Waals surface area contributed by atoms with Crippen LogP contribution in [0.3, 0.4) is 0 Å². The van der Waals surface area contributed by atoms with Crippen LogP contribution < -0.4 is 21.3 Å². The predicted octanol–water partition coefficient (Wildman–Crippen LogP) is 1.59. The van der Waals surface area contributed by atoms with Crippen LogP contribution in [0.25, 0.3) is 0 Å². The Balaban J connectivity index is 1.51. The molecule has 0 saturated carbocycles. The summed E-state index contributed by atoms with van der Waals surface area (Å²) in [6.07, 6.45) is 3.50. The zero-order valence-corrected chi connectivity index (χ0v) is 18.5. The maximum Gasteiger partial charge on any atom is 0.229 e. The van der Waals surface area contributed by atoms with Gasteiger partial charge in [-0.15, -0.1) is 0 Å². The monoisotopic (exact) mass is 427 g/mol. The highest BCUT2D eigenvalue weighted by molar-refractivity contribution is 6.00. The lowest BCUT2D eigenvalue weighted by Crippen LogP contribution is -2.75. The zero-order chi connectivity index (χ0) is 22.1. The third-order valence-corrected chi connectivity index (χ3v) is 6.74. The molecule has 1 aromatic rings. The number of benzene rings is 1. The largest absolute Gasteiger partial charge is 0.340 e. The van der Waals surface area contributed by atoms with Crippen LogP contribution in [0.5, 0.6) is 0 Å². The summed E-state index contributed by atoms with van der Waals surface area (Å²) in [5.74, 6) is -2.07. The van der Waals surface area contributed by atoms with E-state index in [4.69, 9.17) is 0 Å². The van der Waals surface area contributed by atoms with Gasteiger partial charge >= 0.3 is 0 Å². The zero-order valence-electron chi connectivity index (χ0n) is 18.5. The fraction of sp³-hybridized carbons (Fsp3) is 0.609. The standard InChI is InChI=1S/C23H33N5O3/c1-4-16-7-5-6-8-28(16)23-26-20-19(22(31)27-23)17(12-18(29)25-20)21(30)24-15-10-13(2)9-14(3)11-15/h9-11,16-17,19-20,23,26H,4-8,12H2,1-3H3,(H,24,30)(H,25,29)(H,27,31). The number of carbonyl (C=O) groups excluding carboxylic acids is 3. The molecular weight excluding hydrogens is 394 g/mol. The van der Waals surface area contributed by atoms with Gasteiger partial charge in [0.2, 0.25) is 17.7 Å². The second-order valence-corrected chi connectivity index (χ2v) is 9.12. The lowest BCUT2D eigenvalue weighted by Gasteiger charge is -2.49. The Morgan fingerprint density at radius 2 is 1.87 bits per heavy atom. The molecule has 5 atom stereocenters. The maximum absolute atomic E-state index is 13.1. The molecule has 0 aliphatic carbocycles. The van der Waals surface area contributed by atoms with Crippen molar-refractivity contribution in [2.24, 2.45) is 11.8 Å². The Bertz CT molecular complexity index is 853. The number of nitrogens with one attached hydrogen (secondary N) is 4. The number of likely N-dealkylation sites (tertiary alicyclic amines) is 1. The summed E-state index contributed by atoms with van der Waals surface area (Å²) >= 11 is 0. The highest BCUT2D eigenvalue weighted by Crippen LogP contribution is 2.30. The Labute approximate surface area is 183 Å². The van der Waals surface area contributed by atoms with E-state index in [-0.39, 0.29) is 30.4 Å². The van der Waals surface area contributed by atoms with Crippen molar-refractivity contribution in [3.05, 3.63) is 29.3 Å². The second kappa shape index (κ2) is 8.96. The third kappa shape index (κ3) is 4.60. The van der Waals surface area contributed by atoms with Crippen LogP contribution in [0, 0.1) is 25.7 Å². The van der Waals surface area contributed by atoms with Gasteiger partial charge in [0.1, 0.15) is 6.29 Å². The van der Waals surface area contributed by atoms with Crippen LogP contribution in [-0.2, 0) is 14.4 Å². The molecule has 0 aromatic heterocycles. The van der Waals surface area contributed by atoms with Gasteiger partial charge in [-0.3, -0.25) is 24.6 Å². The van der Waals surface area contributed by atoms with Crippen molar-refractivity contribution in [1.29, 1.82) is 0 Å². The van der Waals surface area contributed by atoms with Gasteiger partial charge < -0.3 is 16.0 Å². The van der Waals surface area contributed by atoms with Crippen molar-refractivity contribution < 1.29 is 14.4 Å². The van der Waals surface area contributed by atoms with Gasteiger partial charge in [-0.25, -0.2) is 0 Å². The average molecular weight is 428 g/mol. The smallest absolute Gasteiger partial charge is 0.229 e. The summed E-state index contributed by atoms with van der Waals surface area (Å²) in [5, 5.41) is 12.3.